The summed E-state index contributed by atoms with van der Waals surface area (Å²) in [5.41, 5.74) is 1.33. The number of rotatable bonds is 14. The van der Waals surface area contributed by atoms with Gasteiger partial charge in [-0.2, -0.15) is 8.61 Å². The van der Waals surface area contributed by atoms with Gasteiger partial charge in [0.05, 0.1) is 23.0 Å². The van der Waals surface area contributed by atoms with Gasteiger partial charge in [0.15, 0.2) is 12.6 Å². The highest BCUT2D eigenvalue weighted by Crippen LogP contribution is 2.34. The van der Waals surface area contributed by atoms with E-state index >= 15 is 0 Å². The quantitative estimate of drug-likeness (QED) is 0.112. The standard InChI is InChI=1S/C19H22BrNO5S.C17H18BrNO4S.C4H8O.CH4.ClH.H2/c1-3-21(4-2)27(22,23)16-8-5-14(6-9-16)26-15-7-10-18(20)17(13-15)19-24-11-12-25-19;1-3-19(4-2)24(21,22)16-8-5-14(6-9-16)23-15-7-10-17(18)13(11-15)12-20;1-2-4-5-3-1;;;/h5-10,13,19H,3-4,11-12H2,1-2H3;5-12H,3-4H2,1-2H3;1-4H2;1H4;2*1H/i;;;;;1+1. The van der Waals surface area contributed by atoms with Crippen LogP contribution >= 0.6 is 44.3 Å². The highest BCUT2D eigenvalue weighted by molar-refractivity contribution is 9.10. The predicted molar refractivity (Wildman–Crippen MR) is 238 cm³/mol. The summed E-state index contributed by atoms with van der Waals surface area (Å²) in [6.07, 6.45) is 2.88. The van der Waals surface area contributed by atoms with Crippen LogP contribution in [-0.4, -0.2) is 84.3 Å². The van der Waals surface area contributed by atoms with Gasteiger partial charge >= 0.3 is 0 Å². The van der Waals surface area contributed by atoms with Crippen LogP contribution in [0.25, 0.3) is 0 Å². The number of ether oxygens (including phenoxy) is 5. The molecule has 0 radical (unpaired) electrons. The van der Waals surface area contributed by atoms with E-state index in [-0.39, 0.29) is 31.1 Å². The van der Waals surface area contributed by atoms with Crippen LogP contribution in [0.2, 0.25) is 0 Å². The summed E-state index contributed by atoms with van der Waals surface area (Å²) < 4.78 is 81.9. The summed E-state index contributed by atoms with van der Waals surface area (Å²) in [6.45, 7) is 12.1. The van der Waals surface area contributed by atoms with Crippen molar-refractivity contribution in [2.45, 2.75) is 64.0 Å². The Balaban J connectivity index is 0.000000505. The topological polar surface area (TPSA) is 138 Å². The van der Waals surface area contributed by atoms with E-state index in [1.54, 1.807) is 68.4 Å². The summed E-state index contributed by atoms with van der Waals surface area (Å²) in [6, 6.07) is 23.2. The number of hydrogen-bond acceptors (Lipinski definition) is 10. The maximum Gasteiger partial charge on any atom is 0.243 e. The monoisotopic (exact) mass is 993 g/mol. The normalized spacial score (nSPS) is 14.0. The van der Waals surface area contributed by atoms with Crippen molar-refractivity contribution in [3.8, 4) is 23.0 Å². The number of nitrogens with zero attached hydrogens (tertiary/aromatic N) is 2. The Morgan fingerprint density at radius 2 is 1.03 bits per heavy atom. The van der Waals surface area contributed by atoms with Crippen molar-refractivity contribution in [3.63, 3.8) is 0 Å². The molecule has 0 atom stereocenters. The molecule has 58 heavy (non-hydrogen) atoms. The second-order valence-corrected chi connectivity index (χ2v) is 17.8. The van der Waals surface area contributed by atoms with E-state index in [0.717, 1.165) is 29.5 Å². The molecular weight excluding hydrogens is 940 g/mol. The smallest absolute Gasteiger partial charge is 0.243 e. The van der Waals surface area contributed by atoms with Crippen molar-refractivity contribution in [1.82, 2.24) is 8.61 Å². The van der Waals surface area contributed by atoms with Crippen LogP contribution in [0.5, 0.6) is 23.0 Å². The molecule has 17 heteroatoms. The van der Waals surface area contributed by atoms with E-state index in [1.807, 2.05) is 32.0 Å². The Kier molecular flexibility index (Phi) is 22.1. The van der Waals surface area contributed by atoms with Crippen LogP contribution in [0.4, 0.5) is 0 Å². The van der Waals surface area contributed by atoms with Gasteiger partial charge in [0.2, 0.25) is 20.0 Å². The van der Waals surface area contributed by atoms with Gasteiger partial charge in [0, 0.05) is 60.9 Å². The first-order valence-electron chi connectivity index (χ1n) is 18.3. The molecule has 2 heterocycles. The molecule has 6 rings (SSSR count). The molecule has 0 saturated carbocycles. The lowest BCUT2D eigenvalue weighted by Gasteiger charge is -2.18. The fourth-order valence-corrected chi connectivity index (χ4v) is 9.24. The zero-order valence-electron chi connectivity index (χ0n) is 32.3. The molecule has 12 nitrogen and oxygen atoms in total. The second-order valence-electron chi connectivity index (χ2n) is 12.2. The minimum atomic E-state index is -3.48. The highest BCUT2D eigenvalue weighted by atomic mass is 79.9. The van der Waals surface area contributed by atoms with Crippen LogP contribution in [-0.2, 0) is 34.3 Å². The molecule has 2 aliphatic heterocycles. The zero-order chi connectivity index (χ0) is 40.7. The van der Waals surface area contributed by atoms with Crippen molar-refractivity contribution >= 4 is 70.6 Å². The SMILES string of the molecule is C.C1CCOC1.CCN(CC)S(=O)(=O)c1ccc(Oc2ccc(Br)c(C3OCCO3)c2)cc1.CCN(CC)S(=O)(=O)c1ccc(Oc2ccc(Br)c(C=O)c2)cc1.Cl.[2HH]. The molecule has 0 amide bonds. The molecule has 0 unspecified atom stereocenters. The number of carbonyl (C=O) groups is 1. The Labute approximate surface area is 368 Å². The van der Waals surface area contributed by atoms with Crippen molar-refractivity contribution in [1.29, 1.82) is 0 Å². The fraction of sp³-hybridized carbons (Fsp3) is 0.390. The van der Waals surface area contributed by atoms with E-state index in [0.29, 0.717) is 72.4 Å². The lowest BCUT2D eigenvalue weighted by atomic mass is 10.2. The molecule has 2 fully saturated rings. The maximum atomic E-state index is 12.5. The van der Waals surface area contributed by atoms with E-state index in [4.69, 9.17) is 23.7 Å². The lowest BCUT2D eigenvalue weighted by molar-refractivity contribution is -0.0447. The van der Waals surface area contributed by atoms with Crippen LogP contribution in [0.15, 0.2) is 104 Å². The number of halogens is 3. The first-order chi connectivity index (χ1) is 26.9. The van der Waals surface area contributed by atoms with E-state index in [1.165, 1.54) is 33.6 Å². The number of aldehydes is 1. The number of sulfonamides is 2. The maximum absolute atomic E-state index is 12.5. The van der Waals surface area contributed by atoms with Crippen LogP contribution in [0, 0.1) is 0 Å². The number of benzene rings is 4. The Hall–Kier alpha value is -2.90. The summed E-state index contributed by atoms with van der Waals surface area (Å²) in [5, 5.41) is 0. The van der Waals surface area contributed by atoms with Gasteiger partial charge in [-0.1, -0.05) is 67.0 Å². The largest absolute Gasteiger partial charge is 0.457 e. The van der Waals surface area contributed by atoms with Gasteiger partial charge < -0.3 is 23.7 Å². The number of carbonyl (C=O) groups excluding carboxylic acids is 1. The van der Waals surface area contributed by atoms with Gasteiger partial charge in [-0.3, -0.25) is 4.79 Å². The average Bonchev–Trinajstić information content (AvgIpc) is 3.97. The summed E-state index contributed by atoms with van der Waals surface area (Å²) in [7, 11) is -6.96. The summed E-state index contributed by atoms with van der Waals surface area (Å²) in [5.74, 6) is 2.16. The molecule has 4 aromatic rings. The minimum absolute atomic E-state index is 0. The predicted octanol–water partition coefficient (Wildman–Crippen LogP) is 10.5. The Morgan fingerprint density at radius 1 is 0.638 bits per heavy atom. The fourth-order valence-electron chi connectivity index (χ4n) is 5.55. The summed E-state index contributed by atoms with van der Waals surface area (Å²) in [4.78, 5) is 11.4. The van der Waals surface area contributed by atoms with E-state index < -0.39 is 26.3 Å². The Bertz CT molecular complexity index is 2070. The zero-order valence-corrected chi connectivity index (χ0v) is 37.9. The minimum Gasteiger partial charge on any atom is -0.457 e. The van der Waals surface area contributed by atoms with Crippen molar-refractivity contribution < 1.29 is 46.7 Å². The first-order valence-corrected chi connectivity index (χ1v) is 22.8. The molecule has 0 spiro atoms. The van der Waals surface area contributed by atoms with Crippen LogP contribution < -0.4 is 9.47 Å². The third-order valence-electron chi connectivity index (χ3n) is 8.57. The molecule has 0 aromatic heterocycles. The van der Waals surface area contributed by atoms with Gasteiger partial charge in [0.1, 0.15) is 23.0 Å². The van der Waals surface area contributed by atoms with E-state index in [9.17, 15) is 21.6 Å². The molecule has 0 aliphatic carbocycles. The van der Waals surface area contributed by atoms with Crippen molar-refractivity contribution in [2.24, 2.45) is 0 Å². The highest BCUT2D eigenvalue weighted by Gasteiger charge is 2.24. The molecule has 2 saturated heterocycles. The van der Waals surface area contributed by atoms with Crippen molar-refractivity contribution in [3.05, 3.63) is 105 Å². The first kappa shape index (κ1) is 51.2. The third-order valence-corrected chi connectivity index (χ3v) is 14.1. The molecule has 0 bridgehead atoms. The Morgan fingerprint density at radius 3 is 1.41 bits per heavy atom. The molecule has 2 aliphatic rings. The lowest BCUT2D eigenvalue weighted by Crippen LogP contribution is -2.30. The molecule has 0 N–H and O–H groups in total. The number of hydrogen-bond donors (Lipinski definition) is 0. The van der Waals surface area contributed by atoms with Crippen molar-refractivity contribution in [2.75, 3.05) is 52.6 Å². The molecule has 4 aromatic carbocycles. The van der Waals surface area contributed by atoms with Gasteiger partial charge in [-0.15, -0.1) is 12.4 Å². The van der Waals surface area contributed by atoms with Gasteiger partial charge in [-0.05, 0) is 97.8 Å². The second kappa shape index (κ2) is 25.0. The third kappa shape index (κ3) is 14.1. The molecule has 322 valence electrons. The van der Waals surface area contributed by atoms with Gasteiger partial charge in [-0.25, -0.2) is 16.8 Å². The van der Waals surface area contributed by atoms with Crippen LogP contribution in [0.3, 0.4) is 0 Å². The van der Waals surface area contributed by atoms with Crippen LogP contribution in [0.1, 0.15) is 71.6 Å². The van der Waals surface area contributed by atoms with Gasteiger partial charge in [0.25, 0.3) is 0 Å². The molecular formula is C41H55Br2ClN2O10S2. The summed E-state index contributed by atoms with van der Waals surface area (Å²) >= 11 is 6.77. The van der Waals surface area contributed by atoms with E-state index in [2.05, 4.69) is 31.9 Å². The average molecular weight is 996 g/mol.